The van der Waals surface area contributed by atoms with Gasteiger partial charge in [-0.25, -0.2) is 4.98 Å². The molecule has 0 radical (unpaired) electrons. The Labute approximate surface area is 163 Å². The minimum Gasteiger partial charge on any atom is -0.382 e. The molecule has 3 nitrogen and oxygen atoms in total. The summed E-state index contributed by atoms with van der Waals surface area (Å²) in [6.45, 7) is 9.14. The van der Waals surface area contributed by atoms with E-state index in [2.05, 4.69) is 28.8 Å². The number of allylic oxidation sites excluding steroid dienone is 1. The first-order valence-electron chi connectivity index (χ1n) is 9.06. The van der Waals surface area contributed by atoms with Crippen LogP contribution in [-0.2, 0) is 0 Å². The molecule has 1 N–H and O–H groups in total. The first-order valence-corrected chi connectivity index (χ1v) is 9.44. The van der Waals surface area contributed by atoms with Gasteiger partial charge in [-0.2, -0.15) is 13.2 Å². The van der Waals surface area contributed by atoms with Crippen LogP contribution in [0.3, 0.4) is 0 Å². The molecule has 3 rings (SSSR count). The molecule has 1 aromatic heterocycles. The van der Waals surface area contributed by atoms with Crippen molar-refractivity contribution in [2.24, 2.45) is 0 Å². The molecule has 0 amide bonds. The highest BCUT2D eigenvalue weighted by atomic mass is 35.5. The lowest BCUT2D eigenvalue weighted by Crippen LogP contribution is -2.36. The van der Waals surface area contributed by atoms with Gasteiger partial charge in [0, 0.05) is 22.5 Å². The minimum atomic E-state index is -4.55. The number of benzene rings is 1. The Morgan fingerprint density at radius 1 is 1.22 bits per heavy atom. The summed E-state index contributed by atoms with van der Waals surface area (Å²) in [7, 11) is 2.08. The number of piperidine rings is 1. The van der Waals surface area contributed by atoms with Gasteiger partial charge in [0.25, 0.3) is 0 Å². The van der Waals surface area contributed by atoms with Gasteiger partial charge < -0.3 is 10.2 Å². The van der Waals surface area contributed by atoms with Crippen LogP contribution in [0.1, 0.15) is 32.4 Å². The van der Waals surface area contributed by atoms with E-state index in [0.29, 0.717) is 10.8 Å². The molecule has 1 aliphatic heterocycles. The monoisotopic (exact) mass is 399 g/mol. The van der Waals surface area contributed by atoms with Gasteiger partial charge in [0.1, 0.15) is 5.15 Å². The average molecular weight is 400 g/mol. The molecule has 1 aromatic carbocycles. The van der Waals surface area contributed by atoms with Gasteiger partial charge >= 0.3 is 6.18 Å². The zero-order valence-electron chi connectivity index (χ0n) is 15.8. The lowest BCUT2D eigenvalue weighted by atomic mass is 10.0. The molecule has 0 saturated carbocycles. The van der Waals surface area contributed by atoms with Crippen molar-refractivity contribution >= 4 is 33.6 Å². The standard InChI is InChI=1S/C18H19ClF3N3.C2H6/c1-11(18(20,21)22)17-13-4-3-5-15(14(13)10-16(19)24-17)23-12-6-8-25(2)9-7-12;1-2/h3-5,10,12,23H,1,6-9H2,2H3;1-2H3. The SMILES string of the molecule is C=C(c1nc(Cl)cc2c(NC3CCN(C)CC3)cccc12)C(F)(F)F.CC. The molecular weight excluding hydrogens is 375 g/mol. The highest BCUT2D eigenvalue weighted by Gasteiger charge is 2.35. The number of anilines is 1. The summed E-state index contributed by atoms with van der Waals surface area (Å²) in [5.74, 6) is 0. The topological polar surface area (TPSA) is 28.2 Å². The van der Waals surface area contributed by atoms with Gasteiger partial charge in [0.2, 0.25) is 0 Å². The molecular formula is C20H25ClF3N3. The van der Waals surface area contributed by atoms with E-state index < -0.39 is 11.7 Å². The van der Waals surface area contributed by atoms with Crippen molar-refractivity contribution in [3.63, 3.8) is 0 Å². The van der Waals surface area contributed by atoms with E-state index in [1.54, 1.807) is 18.2 Å². The van der Waals surface area contributed by atoms with Gasteiger partial charge in [-0.05, 0) is 45.1 Å². The van der Waals surface area contributed by atoms with Crippen molar-refractivity contribution < 1.29 is 13.2 Å². The first-order chi connectivity index (χ1) is 12.8. The summed E-state index contributed by atoms with van der Waals surface area (Å²) in [6, 6.07) is 7.08. The van der Waals surface area contributed by atoms with Crippen molar-refractivity contribution in [1.29, 1.82) is 0 Å². The summed E-state index contributed by atoms with van der Waals surface area (Å²) in [6.07, 6.45) is -2.59. The smallest absolute Gasteiger partial charge is 0.382 e. The summed E-state index contributed by atoms with van der Waals surface area (Å²) in [5.41, 5.74) is -0.439. The normalized spacial score (nSPS) is 16.0. The van der Waals surface area contributed by atoms with E-state index in [9.17, 15) is 13.2 Å². The molecule has 2 heterocycles. The lowest BCUT2D eigenvalue weighted by molar-refractivity contribution is -0.0688. The third kappa shape index (κ3) is 5.14. The molecule has 27 heavy (non-hydrogen) atoms. The Morgan fingerprint density at radius 3 is 2.44 bits per heavy atom. The highest BCUT2D eigenvalue weighted by Crippen LogP contribution is 2.37. The van der Waals surface area contributed by atoms with Crippen LogP contribution in [0.4, 0.5) is 18.9 Å². The molecule has 1 aliphatic rings. The number of hydrogen-bond donors (Lipinski definition) is 1. The van der Waals surface area contributed by atoms with Crippen LogP contribution >= 0.6 is 11.6 Å². The number of likely N-dealkylation sites (tertiary alicyclic amines) is 1. The molecule has 0 atom stereocenters. The van der Waals surface area contributed by atoms with Crippen LogP contribution in [0.25, 0.3) is 16.3 Å². The molecule has 0 bridgehead atoms. The fourth-order valence-electron chi connectivity index (χ4n) is 3.11. The highest BCUT2D eigenvalue weighted by molar-refractivity contribution is 6.30. The number of hydrogen-bond acceptors (Lipinski definition) is 3. The number of pyridine rings is 1. The van der Waals surface area contributed by atoms with Crippen molar-refractivity contribution in [2.75, 3.05) is 25.5 Å². The summed E-state index contributed by atoms with van der Waals surface area (Å²) < 4.78 is 39.3. The second-order valence-electron chi connectivity index (χ2n) is 6.39. The van der Waals surface area contributed by atoms with Crippen molar-refractivity contribution in [1.82, 2.24) is 9.88 Å². The lowest BCUT2D eigenvalue weighted by Gasteiger charge is -2.30. The Morgan fingerprint density at radius 2 is 1.85 bits per heavy atom. The van der Waals surface area contributed by atoms with Crippen molar-refractivity contribution in [3.05, 3.63) is 41.7 Å². The summed E-state index contributed by atoms with van der Waals surface area (Å²) in [4.78, 5) is 6.13. The fourth-order valence-corrected chi connectivity index (χ4v) is 3.30. The van der Waals surface area contributed by atoms with Crippen LogP contribution in [0.2, 0.25) is 5.15 Å². The number of fused-ring (bicyclic) bond motifs is 1. The molecule has 0 aliphatic carbocycles. The Hall–Kier alpha value is -1.79. The first kappa shape index (κ1) is 21.5. The third-order valence-electron chi connectivity index (χ3n) is 4.55. The number of aromatic nitrogens is 1. The van der Waals surface area contributed by atoms with Crippen molar-refractivity contribution in [2.45, 2.75) is 38.9 Å². The van der Waals surface area contributed by atoms with E-state index in [1.807, 2.05) is 19.9 Å². The molecule has 1 fully saturated rings. The Balaban J connectivity index is 0.00000126. The number of halogens is 4. The third-order valence-corrected chi connectivity index (χ3v) is 4.74. The minimum absolute atomic E-state index is 0.0190. The zero-order chi connectivity index (χ0) is 20.2. The molecule has 7 heteroatoms. The van der Waals surface area contributed by atoms with Gasteiger partial charge in [-0.3, -0.25) is 0 Å². The van der Waals surface area contributed by atoms with E-state index in [1.165, 1.54) is 0 Å². The Kier molecular flexibility index (Phi) is 7.12. The van der Waals surface area contributed by atoms with E-state index in [-0.39, 0.29) is 16.9 Å². The second kappa shape index (κ2) is 8.93. The largest absolute Gasteiger partial charge is 0.417 e. The number of alkyl halides is 3. The molecule has 0 spiro atoms. The Bertz CT molecular complexity index is 797. The van der Waals surface area contributed by atoms with Crippen LogP contribution in [0.5, 0.6) is 0 Å². The van der Waals surface area contributed by atoms with Gasteiger partial charge in [-0.1, -0.05) is 44.2 Å². The maximum atomic E-state index is 13.1. The molecule has 148 valence electrons. The van der Waals surface area contributed by atoms with E-state index >= 15 is 0 Å². The van der Waals surface area contributed by atoms with Crippen LogP contribution in [0.15, 0.2) is 30.8 Å². The maximum absolute atomic E-state index is 13.1. The van der Waals surface area contributed by atoms with E-state index in [0.717, 1.165) is 31.6 Å². The zero-order valence-corrected chi connectivity index (χ0v) is 16.6. The van der Waals surface area contributed by atoms with Gasteiger partial charge in [0.15, 0.2) is 0 Å². The van der Waals surface area contributed by atoms with Crippen LogP contribution < -0.4 is 5.32 Å². The fraction of sp³-hybridized carbons (Fsp3) is 0.450. The summed E-state index contributed by atoms with van der Waals surface area (Å²) in [5, 5.41) is 4.49. The molecule has 2 aromatic rings. The predicted molar refractivity (Wildman–Crippen MR) is 107 cm³/mol. The maximum Gasteiger partial charge on any atom is 0.417 e. The molecule has 1 saturated heterocycles. The molecule has 0 unspecified atom stereocenters. The van der Waals surface area contributed by atoms with Crippen LogP contribution in [-0.4, -0.2) is 42.2 Å². The number of rotatable bonds is 3. The predicted octanol–water partition coefficient (Wildman–Crippen LogP) is 6.00. The second-order valence-corrected chi connectivity index (χ2v) is 6.78. The van der Waals surface area contributed by atoms with Crippen LogP contribution in [0, 0.1) is 0 Å². The average Bonchev–Trinajstić information content (AvgIpc) is 2.64. The van der Waals surface area contributed by atoms with Crippen molar-refractivity contribution in [3.8, 4) is 0 Å². The number of nitrogens with zero attached hydrogens (tertiary/aromatic N) is 2. The van der Waals surface area contributed by atoms with E-state index in [4.69, 9.17) is 11.6 Å². The quantitative estimate of drug-likeness (QED) is 0.642. The van der Waals surface area contributed by atoms with Gasteiger partial charge in [0.05, 0.1) is 11.3 Å². The summed E-state index contributed by atoms with van der Waals surface area (Å²) >= 11 is 6.00. The number of nitrogens with one attached hydrogen (secondary N) is 1. The van der Waals surface area contributed by atoms with Gasteiger partial charge in [-0.15, -0.1) is 0 Å².